The van der Waals surface area contributed by atoms with Crippen LogP contribution >= 0.6 is 0 Å². The second-order valence-corrected chi connectivity index (χ2v) is 6.69. The van der Waals surface area contributed by atoms with Gasteiger partial charge in [-0.2, -0.15) is 0 Å². The summed E-state index contributed by atoms with van der Waals surface area (Å²) in [7, 11) is 2.78. The normalized spacial score (nSPS) is 12.7. The topological polar surface area (TPSA) is 127 Å². The fourth-order valence-electron chi connectivity index (χ4n) is 3.08. The number of aromatic nitrogens is 1. The van der Waals surface area contributed by atoms with E-state index in [0.29, 0.717) is 23.4 Å². The number of urea groups is 1. The molecule has 0 aliphatic carbocycles. The summed E-state index contributed by atoms with van der Waals surface area (Å²) in [5.41, 5.74) is 1.98. The van der Waals surface area contributed by atoms with Gasteiger partial charge in [-0.3, -0.25) is 14.9 Å². The van der Waals surface area contributed by atoms with E-state index in [0.717, 1.165) is 5.56 Å². The SMILES string of the molecule is COC(=O)c1ccc(C#C[C@H](CN2Cc3ccc(OC)cc3C2=O)NC(=O)NC=O)cn1. The standard InChI is InChI=1S/C22H20N4O6/c1-31-17-7-5-15-11-26(20(28)18(15)9-17)12-16(25-22(30)24-13-27)6-3-14-4-8-19(23-10-14)21(29)32-2/h4-5,7-10,13,16H,11-12H2,1-2H3,(H2,24,25,27,30)/t16-/m1/s1. The molecule has 2 N–H and O–H groups in total. The summed E-state index contributed by atoms with van der Waals surface area (Å²) in [5, 5.41) is 4.54. The Morgan fingerprint density at radius 3 is 2.75 bits per heavy atom. The molecule has 1 atom stereocenters. The van der Waals surface area contributed by atoms with Crippen molar-refractivity contribution in [2.24, 2.45) is 0 Å². The highest BCUT2D eigenvalue weighted by Gasteiger charge is 2.29. The largest absolute Gasteiger partial charge is 0.497 e. The Morgan fingerprint density at radius 2 is 2.09 bits per heavy atom. The van der Waals surface area contributed by atoms with Crippen molar-refractivity contribution in [3.8, 4) is 17.6 Å². The molecule has 0 saturated heterocycles. The number of imide groups is 1. The smallest absolute Gasteiger partial charge is 0.356 e. The van der Waals surface area contributed by atoms with E-state index in [-0.39, 0.29) is 24.6 Å². The van der Waals surface area contributed by atoms with Crippen LogP contribution < -0.4 is 15.4 Å². The summed E-state index contributed by atoms with van der Waals surface area (Å²) >= 11 is 0. The number of rotatable bonds is 6. The van der Waals surface area contributed by atoms with Crippen LogP contribution in [0.25, 0.3) is 0 Å². The van der Waals surface area contributed by atoms with Crippen molar-refractivity contribution in [3.63, 3.8) is 0 Å². The summed E-state index contributed by atoms with van der Waals surface area (Å²) in [6.07, 6.45) is 1.64. The molecule has 1 aromatic carbocycles. The van der Waals surface area contributed by atoms with Gasteiger partial charge in [0, 0.05) is 23.9 Å². The third-order valence-electron chi connectivity index (χ3n) is 4.64. The molecule has 0 radical (unpaired) electrons. The van der Waals surface area contributed by atoms with E-state index >= 15 is 0 Å². The van der Waals surface area contributed by atoms with Crippen molar-refractivity contribution < 1.29 is 28.7 Å². The monoisotopic (exact) mass is 436 g/mol. The van der Waals surface area contributed by atoms with Gasteiger partial charge in [-0.25, -0.2) is 14.6 Å². The molecule has 1 aliphatic heterocycles. The highest BCUT2D eigenvalue weighted by Crippen LogP contribution is 2.26. The Hall–Kier alpha value is -4.39. The van der Waals surface area contributed by atoms with Crippen LogP contribution in [0.15, 0.2) is 36.5 Å². The Bertz CT molecular complexity index is 1100. The van der Waals surface area contributed by atoms with Gasteiger partial charge in [0.15, 0.2) is 0 Å². The average molecular weight is 436 g/mol. The number of nitrogens with one attached hydrogen (secondary N) is 2. The predicted octanol–water partition coefficient (Wildman–Crippen LogP) is 0.708. The molecule has 2 heterocycles. The zero-order chi connectivity index (χ0) is 23.1. The van der Waals surface area contributed by atoms with Crippen LogP contribution in [0.2, 0.25) is 0 Å². The molecule has 0 spiro atoms. The minimum absolute atomic E-state index is 0.0861. The predicted molar refractivity (Wildman–Crippen MR) is 112 cm³/mol. The Kier molecular flexibility index (Phi) is 7.02. The molecule has 0 bridgehead atoms. The molecular formula is C22H20N4O6. The second-order valence-electron chi connectivity index (χ2n) is 6.69. The molecular weight excluding hydrogens is 416 g/mol. The van der Waals surface area contributed by atoms with Crippen LogP contribution in [0.4, 0.5) is 4.79 Å². The third kappa shape index (κ3) is 5.20. The molecule has 0 unspecified atom stereocenters. The summed E-state index contributed by atoms with van der Waals surface area (Å²) in [6, 6.07) is 6.77. The minimum atomic E-state index is -0.782. The summed E-state index contributed by atoms with van der Waals surface area (Å²) < 4.78 is 9.78. The van der Waals surface area contributed by atoms with E-state index in [1.54, 1.807) is 23.1 Å². The van der Waals surface area contributed by atoms with Crippen LogP contribution in [0.3, 0.4) is 0 Å². The van der Waals surface area contributed by atoms with Crippen molar-refractivity contribution in [2.45, 2.75) is 12.6 Å². The maximum absolute atomic E-state index is 12.8. The number of hydrogen-bond acceptors (Lipinski definition) is 7. The first-order chi connectivity index (χ1) is 15.4. The number of carbonyl (C=O) groups is 4. The molecule has 1 aromatic heterocycles. The van der Waals surface area contributed by atoms with Crippen LogP contribution in [0.5, 0.6) is 5.75 Å². The van der Waals surface area contributed by atoms with Crippen molar-refractivity contribution in [2.75, 3.05) is 20.8 Å². The van der Waals surface area contributed by atoms with Gasteiger partial charge in [0.25, 0.3) is 5.91 Å². The first-order valence-corrected chi connectivity index (χ1v) is 9.48. The van der Waals surface area contributed by atoms with Crippen molar-refractivity contribution in [1.29, 1.82) is 0 Å². The van der Waals surface area contributed by atoms with Crippen LogP contribution in [0.1, 0.15) is 32.0 Å². The molecule has 10 heteroatoms. The number of ether oxygens (including phenoxy) is 2. The Labute approximate surface area is 183 Å². The molecule has 2 aromatic rings. The zero-order valence-corrected chi connectivity index (χ0v) is 17.4. The number of nitrogens with zero attached hydrogens (tertiary/aromatic N) is 2. The van der Waals surface area contributed by atoms with Gasteiger partial charge < -0.3 is 19.7 Å². The van der Waals surface area contributed by atoms with Gasteiger partial charge in [-0.05, 0) is 29.8 Å². The first kappa shape index (κ1) is 22.3. The molecule has 10 nitrogen and oxygen atoms in total. The maximum Gasteiger partial charge on any atom is 0.356 e. The number of benzene rings is 1. The summed E-state index contributed by atoms with van der Waals surface area (Å²) in [6.45, 7) is 0.436. The number of amides is 4. The van der Waals surface area contributed by atoms with Gasteiger partial charge in [-0.1, -0.05) is 17.9 Å². The lowest BCUT2D eigenvalue weighted by atomic mass is 10.1. The number of hydrogen-bond donors (Lipinski definition) is 2. The molecule has 0 fully saturated rings. The molecule has 1 aliphatic rings. The van der Waals surface area contributed by atoms with Gasteiger partial charge >= 0.3 is 12.0 Å². The molecule has 164 valence electrons. The van der Waals surface area contributed by atoms with Crippen LogP contribution in [0, 0.1) is 11.8 Å². The fraction of sp³-hybridized carbons (Fsp3) is 0.227. The number of carbonyl (C=O) groups excluding carboxylic acids is 4. The Balaban J connectivity index is 1.77. The van der Waals surface area contributed by atoms with Crippen molar-refractivity contribution in [3.05, 3.63) is 58.9 Å². The molecule has 4 amide bonds. The summed E-state index contributed by atoms with van der Waals surface area (Å²) in [5.74, 6) is 5.51. The highest BCUT2D eigenvalue weighted by atomic mass is 16.5. The maximum atomic E-state index is 12.8. The number of esters is 1. The van der Waals surface area contributed by atoms with Gasteiger partial charge in [0.2, 0.25) is 6.41 Å². The van der Waals surface area contributed by atoms with Gasteiger partial charge in [0.1, 0.15) is 17.5 Å². The zero-order valence-electron chi connectivity index (χ0n) is 17.4. The average Bonchev–Trinajstić information content (AvgIpc) is 3.11. The Morgan fingerprint density at radius 1 is 1.28 bits per heavy atom. The third-order valence-corrected chi connectivity index (χ3v) is 4.64. The molecule has 32 heavy (non-hydrogen) atoms. The highest BCUT2D eigenvalue weighted by molar-refractivity contribution is 5.98. The van der Waals surface area contributed by atoms with Crippen molar-refractivity contribution in [1.82, 2.24) is 20.5 Å². The number of fused-ring (bicyclic) bond motifs is 1. The number of methoxy groups -OCH3 is 2. The molecule has 3 rings (SSSR count). The fourth-order valence-corrected chi connectivity index (χ4v) is 3.08. The quantitative estimate of drug-likeness (QED) is 0.388. The van der Waals surface area contributed by atoms with E-state index in [1.807, 2.05) is 11.4 Å². The first-order valence-electron chi connectivity index (χ1n) is 9.48. The van der Waals surface area contributed by atoms with E-state index in [9.17, 15) is 19.2 Å². The van der Waals surface area contributed by atoms with E-state index < -0.39 is 18.0 Å². The van der Waals surface area contributed by atoms with Crippen LogP contribution in [-0.2, 0) is 16.1 Å². The van der Waals surface area contributed by atoms with E-state index in [2.05, 4.69) is 26.9 Å². The van der Waals surface area contributed by atoms with E-state index in [1.165, 1.54) is 26.5 Å². The van der Waals surface area contributed by atoms with Crippen LogP contribution in [-0.4, -0.2) is 61.0 Å². The lowest BCUT2D eigenvalue weighted by Crippen LogP contribution is -2.46. The van der Waals surface area contributed by atoms with Crippen molar-refractivity contribution >= 4 is 24.3 Å². The number of pyridine rings is 1. The second kappa shape index (κ2) is 10.1. The van der Waals surface area contributed by atoms with Gasteiger partial charge in [-0.15, -0.1) is 0 Å². The lowest BCUT2D eigenvalue weighted by Gasteiger charge is -2.21. The molecule has 0 saturated carbocycles. The lowest BCUT2D eigenvalue weighted by molar-refractivity contribution is -0.108. The summed E-state index contributed by atoms with van der Waals surface area (Å²) in [4.78, 5) is 52.2. The van der Waals surface area contributed by atoms with Gasteiger partial charge in [0.05, 0.1) is 20.8 Å². The van der Waals surface area contributed by atoms with E-state index in [4.69, 9.17) is 4.74 Å². The minimum Gasteiger partial charge on any atom is -0.497 e.